The van der Waals surface area contributed by atoms with E-state index in [1.54, 1.807) is 34.6 Å². The molecule has 1 heterocycles. The zero-order chi connectivity index (χ0) is 17.5. The molecular formula is C18H21NO3S2. The molecule has 4 atom stereocenters. The van der Waals surface area contributed by atoms with E-state index >= 15 is 0 Å². The molecule has 1 aliphatic rings. The lowest BCUT2D eigenvalue weighted by Crippen LogP contribution is -2.29. The number of hydrogen-bond acceptors (Lipinski definition) is 3. The van der Waals surface area contributed by atoms with Crippen LogP contribution in [0.1, 0.15) is 32.4 Å². The van der Waals surface area contributed by atoms with Gasteiger partial charge >= 0.3 is 0 Å². The summed E-state index contributed by atoms with van der Waals surface area (Å²) in [6, 6.07) is 17.4. The number of nitrogens with zero attached hydrogens (tertiary/aromatic N) is 1. The summed E-state index contributed by atoms with van der Waals surface area (Å²) >= 11 is 0. The molecule has 0 saturated carbocycles. The summed E-state index contributed by atoms with van der Waals surface area (Å²) in [6.45, 7) is 5.57. The molecule has 2 aromatic carbocycles. The molecule has 1 fully saturated rings. The Balaban J connectivity index is 2.03. The summed E-state index contributed by atoms with van der Waals surface area (Å²) in [5.41, 5.74) is 0.875. The lowest BCUT2D eigenvalue weighted by molar-refractivity contribution is 0.581. The molecule has 128 valence electrons. The summed E-state index contributed by atoms with van der Waals surface area (Å²) in [5.74, 6) is 0. The third-order valence-electron chi connectivity index (χ3n) is 3.95. The molecule has 0 radical (unpaired) electrons. The van der Waals surface area contributed by atoms with E-state index < -0.39 is 30.9 Å². The molecule has 4 nitrogen and oxygen atoms in total. The fourth-order valence-electron chi connectivity index (χ4n) is 2.72. The molecule has 2 aromatic rings. The lowest BCUT2D eigenvalue weighted by Gasteiger charge is -2.18. The smallest absolute Gasteiger partial charge is 0.197 e. The molecule has 1 aliphatic heterocycles. The van der Waals surface area contributed by atoms with E-state index in [2.05, 4.69) is 0 Å². The number of hydrogen-bond donors (Lipinski definition) is 0. The van der Waals surface area contributed by atoms with Gasteiger partial charge in [0, 0.05) is 0 Å². The van der Waals surface area contributed by atoms with Gasteiger partial charge < -0.3 is 0 Å². The lowest BCUT2D eigenvalue weighted by atomic mass is 10.2. The van der Waals surface area contributed by atoms with Crippen LogP contribution in [-0.2, 0) is 20.8 Å². The highest BCUT2D eigenvalue weighted by Crippen LogP contribution is 2.51. The number of rotatable bonds is 4. The summed E-state index contributed by atoms with van der Waals surface area (Å²) in [5, 5.41) is -0.789. The fraction of sp³-hybridized carbons (Fsp3) is 0.333. The molecule has 3 rings (SSSR count). The van der Waals surface area contributed by atoms with Gasteiger partial charge in [-0.25, -0.2) is 12.6 Å². The Hall–Kier alpha value is -1.50. The van der Waals surface area contributed by atoms with E-state index in [-0.39, 0.29) is 10.9 Å². The van der Waals surface area contributed by atoms with E-state index in [9.17, 15) is 12.6 Å². The minimum absolute atomic E-state index is 0.268. The van der Waals surface area contributed by atoms with Crippen LogP contribution in [0.25, 0.3) is 0 Å². The van der Waals surface area contributed by atoms with Crippen LogP contribution in [0.2, 0.25) is 0 Å². The average molecular weight is 364 g/mol. The maximum Gasteiger partial charge on any atom is 0.197 e. The molecule has 1 unspecified atom stereocenters. The van der Waals surface area contributed by atoms with Gasteiger partial charge in [0.25, 0.3) is 0 Å². The topological polar surface area (TPSA) is 54.2 Å². The van der Waals surface area contributed by atoms with Gasteiger partial charge in [-0.2, -0.15) is 4.31 Å². The third-order valence-corrected chi connectivity index (χ3v) is 8.02. The standard InChI is InChI=1S/C18H21NO3S2/c1-18(2,3)23(20)19-16(14-10-6-4-7-11-14)17(19)24(21,22)15-12-8-5-9-13-15/h4-13,16-17H,1-3H3/t16-,17+,19?,23+/m0/s1. The van der Waals surface area contributed by atoms with Gasteiger partial charge in [0.15, 0.2) is 9.84 Å². The highest BCUT2D eigenvalue weighted by Gasteiger charge is 2.61. The highest BCUT2D eigenvalue weighted by molar-refractivity contribution is 7.94. The zero-order valence-corrected chi connectivity index (χ0v) is 15.5. The van der Waals surface area contributed by atoms with Gasteiger partial charge in [-0.3, -0.25) is 0 Å². The van der Waals surface area contributed by atoms with Gasteiger partial charge in [0.2, 0.25) is 0 Å². The molecule has 0 aliphatic carbocycles. The van der Waals surface area contributed by atoms with Crippen molar-refractivity contribution in [2.24, 2.45) is 0 Å². The summed E-state index contributed by atoms with van der Waals surface area (Å²) in [7, 11) is -4.99. The summed E-state index contributed by atoms with van der Waals surface area (Å²) < 4.78 is 40.0. The van der Waals surface area contributed by atoms with Crippen LogP contribution in [-0.4, -0.2) is 27.1 Å². The minimum Gasteiger partial charge on any atom is -0.242 e. The zero-order valence-electron chi connectivity index (χ0n) is 13.9. The van der Waals surface area contributed by atoms with Crippen molar-refractivity contribution < 1.29 is 12.6 Å². The van der Waals surface area contributed by atoms with E-state index in [0.717, 1.165) is 5.56 Å². The first-order chi connectivity index (χ1) is 11.2. The minimum atomic E-state index is -3.58. The first-order valence-electron chi connectivity index (χ1n) is 7.79. The van der Waals surface area contributed by atoms with Crippen molar-refractivity contribution in [1.82, 2.24) is 4.31 Å². The molecule has 0 amide bonds. The van der Waals surface area contributed by atoms with E-state index in [4.69, 9.17) is 0 Å². The Morgan fingerprint density at radius 3 is 1.92 bits per heavy atom. The highest BCUT2D eigenvalue weighted by atomic mass is 32.2. The van der Waals surface area contributed by atoms with Crippen molar-refractivity contribution in [3.8, 4) is 0 Å². The normalized spacial score (nSPS) is 25.2. The summed E-state index contributed by atoms with van der Waals surface area (Å²) in [4.78, 5) is 0.268. The number of benzene rings is 2. The Labute approximate surface area is 146 Å². The predicted molar refractivity (Wildman–Crippen MR) is 96.3 cm³/mol. The maximum absolute atomic E-state index is 13.0. The second-order valence-electron chi connectivity index (χ2n) is 6.83. The third kappa shape index (κ3) is 3.06. The van der Waals surface area contributed by atoms with Gasteiger partial charge in [0.05, 0.1) is 15.7 Å². The van der Waals surface area contributed by atoms with Gasteiger partial charge in [-0.05, 0) is 38.5 Å². The maximum atomic E-state index is 13.0. The Morgan fingerprint density at radius 1 is 0.917 bits per heavy atom. The van der Waals surface area contributed by atoms with E-state index in [0.29, 0.717) is 0 Å². The van der Waals surface area contributed by atoms with Crippen molar-refractivity contribution in [2.45, 2.75) is 41.8 Å². The molecule has 0 aromatic heterocycles. The molecule has 24 heavy (non-hydrogen) atoms. The van der Waals surface area contributed by atoms with E-state index in [1.807, 2.05) is 51.1 Å². The monoisotopic (exact) mass is 363 g/mol. The fourth-order valence-corrected chi connectivity index (χ4v) is 6.48. The van der Waals surface area contributed by atoms with E-state index in [1.165, 1.54) is 0 Å². The quantitative estimate of drug-likeness (QED) is 0.783. The van der Waals surface area contributed by atoms with Crippen molar-refractivity contribution in [3.05, 3.63) is 66.2 Å². The van der Waals surface area contributed by atoms with Crippen molar-refractivity contribution in [1.29, 1.82) is 0 Å². The van der Waals surface area contributed by atoms with Gasteiger partial charge in [-0.1, -0.05) is 48.5 Å². The van der Waals surface area contributed by atoms with Gasteiger partial charge in [0.1, 0.15) is 16.4 Å². The average Bonchev–Trinajstić information content (AvgIpc) is 3.31. The molecule has 0 bridgehead atoms. The van der Waals surface area contributed by atoms with Crippen LogP contribution in [0.15, 0.2) is 65.6 Å². The van der Waals surface area contributed by atoms with Crippen LogP contribution >= 0.6 is 0 Å². The second kappa shape index (κ2) is 6.10. The second-order valence-corrected chi connectivity index (χ2v) is 11.0. The molecule has 1 saturated heterocycles. The van der Waals surface area contributed by atoms with Crippen molar-refractivity contribution >= 4 is 20.8 Å². The van der Waals surface area contributed by atoms with Crippen LogP contribution < -0.4 is 0 Å². The predicted octanol–water partition coefficient (Wildman–Crippen LogP) is 3.31. The molecule has 6 heteroatoms. The van der Waals surface area contributed by atoms with Crippen LogP contribution in [0.3, 0.4) is 0 Å². The van der Waals surface area contributed by atoms with Crippen LogP contribution in [0, 0.1) is 0 Å². The Kier molecular flexibility index (Phi) is 4.40. The molecule has 0 spiro atoms. The van der Waals surface area contributed by atoms with Crippen LogP contribution in [0.4, 0.5) is 0 Å². The first kappa shape index (κ1) is 17.3. The Bertz CT molecular complexity index is 843. The van der Waals surface area contributed by atoms with Crippen LogP contribution in [0.5, 0.6) is 0 Å². The SMILES string of the molecule is CC(C)(C)[S@@](=O)N1[C@H](S(=O)(=O)c2ccccc2)[C@@H]1c1ccccc1. The Morgan fingerprint density at radius 2 is 1.42 bits per heavy atom. The van der Waals surface area contributed by atoms with Crippen molar-refractivity contribution in [3.63, 3.8) is 0 Å². The largest absolute Gasteiger partial charge is 0.242 e. The molecule has 0 N–H and O–H groups in total. The molecular weight excluding hydrogens is 342 g/mol. The summed E-state index contributed by atoms with van der Waals surface area (Å²) in [6.07, 6.45) is 0. The first-order valence-corrected chi connectivity index (χ1v) is 10.4. The van der Waals surface area contributed by atoms with Gasteiger partial charge in [-0.15, -0.1) is 0 Å². The van der Waals surface area contributed by atoms with Crippen molar-refractivity contribution in [2.75, 3.05) is 0 Å². The number of sulfone groups is 1.